The Kier molecular flexibility index (Phi) is 5.41. The van der Waals surface area contributed by atoms with Crippen molar-refractivity contribution in [1.29, 1.82) is 0 Å². The molecule has 2 rings (SSSR count). The second-order valence-corrected chi connectivity index (χ2v) is 4.94. The topological polar surface area (TPSA) is 50.8 Å². The van der Waals surface area contributed by atoms with Crippen LogP contribution in [0.15, 0.2) is 0 Å². The average molecular weight is 256 g/mol. The van der Waals surface area contributed by atoms with Gasteiger partial charge in [0.1, 0.15) is 0 Å². The van der Waals surface area contributed by atoms with Crippen molar-refractivity contribution in [3.63, 3.8) is 0 Å². The Morgan fingerprint density at radius 1 is 1.39 bits per heavy atom. The van der Waals surface area contributed by atoms with E-state index in [-0.39, 0.29) is 5.91 Å². The summed E-state index contributed by atoms with van der Waals surface area (Å²) in [6.45, 7) is 6.45. The van der Waals surface area contributed by atoms with Gasteiger partial charge in [-0.3, -0.25) is 4.79 Å². The molecule has 1 saturated heterocycles. The third-order valence-electron chi connectivity index (χ3n) is 3.63. The molecule has 0 spiro atoms. The first-order valence-electron chi connectivity index (χ1n) is 7.00. The third kappa shape index (κ3) is 3.93. The Bertz CT molecular complexity index is 261. The van der Waals surface area contributed by atoms with Crippen LogP contribution in [0, 0.1) is 0 Å². The number of carbonyl (C=O) groups is 1. The highest BCUT2D eigenvalue weighted by Gasteiger charge is 2.29. The summed E-state index contributed by atoms with van der Waals surface area (Å²) in [5, 5.41) is 3.42. The lowest BCUT2D eigenvalue weighted by atomic mass is 9.89. The summed E-state index contributed by atoms with van der Waals surface area (Å²) in [6.07, 6.45) is 3.19. The third-order valence-corrected chi connectivity index (χ3v) is 3.63. The van der Waals surface area contributed by atoms with E-state index in [0.29, 0.717) is 31.8 Å². The highest BCUT2D eigenvalue weighted by molar-refractivity contribution is 5.76. The van der Waals surface area contributed by atoms with Crippen molar-refractivity contribution in [1.82, 2.24) is 10.2 Å². The molecule has 0 unspecified atom stereocenters. The van der Waals surface area contributed by atoms with Crippen LogP contribution in [-0.2, 0) is 14.3 Å². The molecule has 1 heterocycles. The van der Waals surface area contributed by atoms with Crippen molar-refractivity contribution in [3.05, 3.63) is 0 Å². The van der Waals surface area contributed by atoms with Crippen LogP contribution >= 0.6 is 0 Å². The SMILES string of the molecule is CCOC1CC(NCCC(=O)N2CCOCC2)C1. The number of nitrogens with one attached hydrogen (secondary N) is 1. The van der Waals surface area contributed by atoms with Gasteiger partial charge in [0.25, 0.3) is 0 Å². The van der Waals surface area contributed by atoms with Crippen molar-refractivity contribution < 1.29 is 14.3 Å². The smallest absolute Gasteiger partial charge is 0.224 e. The molecule has 5 heteroatoms. The Hall–Kier alpha value is -0.650. The summed E-state index contributed by atoms with van der Waals surface area (Å²) in [5.41, 5.74) is 0. The first-order chi connectivity index (χ1) is 8.79. The van der Waals surface area contributed by atoms with Crippen molar-refractivity contribution in [2.75, 3.05) is 39.5 Å². The van der Waals surface area contributed by atoms with E-state index in [4.69, 9.17) is 9.47 Å². The van der Waals surface area contributed by atoms with Gasteiger partial charge >= 0.3 is 0 Å². The van der Waals surface area contributed by atoms with Crippen LogP contribution in [0.1, 0.15) is 26.2 Å². The maximum Gasteiger partial charge on any atom is 0.224 e. The molecular weight excluding hydrogens is 232 g/mol. The van der Waals surface area contributed by atoms with Crippen LogP contribution in [-0.4, -0.2) is 62.4 Å². The summed E-state index contributed by atoms with van der Waals surface area (Å²) < 4.78 is 10.7. The number of hydrogen-bond acceptors (Lipinski definition) is 4. The lowest BCUT2D eigenvalue weighted by molar-refractivity contribution is -0.135. The summed E-state index contributed by atoms with van der Waals surface area (Å²) in [4.78, 5) is 13.8. The van der Waals surface area contributed by atoms with Crippen molar-refractivity contribution in [3.8, 4) is 0 Å². The molecule has 104 valence electrons. The minimum Gasteiger partial charge on any atom is -0.378 e. The Balaban J connectivity index is 1.52. The molecule has 2 aliphatic rings. The maximum absolute atomic E-state index is 11.9. The number of nitrogens with zero attached hydrogens (tertiary/aromatic N) is 1. The second-order valence-electron chi connectivity index (χ2n) is 4.94. The van der Waals surface area contributed by atoms with Crippen LogP contribution in [0.5, 0.6) is 0 Å². The number of amides is 1. The van der Waals surface area contributed by atoms with E-state index in [0.717, 1.165) is 39.1 Å². The summed E-state index contributed by atoms with van der Waals surface area (Å²) in [6, 6.07) is 0.541. The van der Waals surface area contributed by atoms with E-state index in [1.807, 2.05) is 11.8 Å². The molecule has 0 bridgehead atoms. The van der Waals surface area contributed by atoms with Gasteiger partial charge in [-0.1, -0.05) is 0 Å². The molecular formula is C13H24N2O3. The zero-order valence-electron chi connectivity index (χ0n) is 11.2. The number of ether oxygens (including phenoxy) is 2. The zero-order valence-corrected chi connectivity index (χ0v) is 11.2. The van der Waals surface area contributed by atoms with E-state index >= 15 is 0 Å². The second kappa shape index (κ2) is 7.07. The standard InChI is InChI=1S/C13H24N2O3/c1-2-18-12-9-11(10-12)14-4-3-13(16)15-5-7-17-8-6-15/h11-12,14H,2-10H2,1H3. The molecule has 1 aliphatic heterocycles. The minimum atomic E-state index is 0.242. The molecule has 5 nitrogen and oxygen atoms in total. The van der Waals surface area contributed by atoms with E-state index < -0.39 is 0 Å². The lowest BCUT2D eigenvalue weighted by Gasteiger charge is -2.35. The maximum atomic E-state index is 11.9. The largest absolute Gasteiger partial charge is 0.378 e. The Labute approximate surface area is 109 Å². The van der Waals surface area contributed by atoms with Gasteiger partial charge in [0.15, 0.2) is 0 Å². The van der Waals surface area contributed by atoms with E-state index in [1.165, 1.54) is 0 Å². The molecule has 0 aromatic carbocycles. The lowest BCUT2D eigenvalue weighted by Crippen LogP contribution is -2.47. The number of morpholine rings is 1. The highest BCUT2D eigenvalue weighted by atomic mass is 16.5. The molecule has 0 aromatic heterocycles. The van der Waals surface area contributed by atoms with Gasteiger partial charge < -0.3 is 19.7 Å². The molecule has 0 atom stereocenters. The normalized spacial score (nSPS) is 27.9. The van der Waals surface area contributed by atoms with Crippen LogP contribution in [0.4, 0.5) is 0 Å². The summed E-state index contributed by atoms with van der Waals surface area (Å²) in [7, 11) is 0. The first kappa shape index (κ1) is 13.8. The number of hydrogen-bond donors (Lipinski definition) is 1. The van der Waals surface area contributed by atoms with Crippen molar-refractivity contribution in [2.24, 2.45) is 0 Å². The predicted octanol–water partition coefficient (Wildman–Crippen LogP) is 0.392. The zero-order chi connectivity index (χ0) is 12.8. The molecule has 1 N–H and O–H groups in total. The van der Waals surface area contributed by atoms with E-state index in [9.17, 15) is 4.79 Å². The van der Waals surface area contributed by atoms with Gasteiger partial charge in [0.2, 0.25) is 5.91 Å². The molecule has 18 heavy (non-hydrogen) atoms. The van der Waals surface area contributed by atoms with Gasteiger partial charge in [-0.15, -0.1) is 0 Å². The number of rotatable bonds is 6. The molecule has 0 aromatic rings. The molecule has 2 fully saturated rings. The molecule has 0 radical (unpaired) electrons. The predicted molar refractivity (Wildman–Crippen MR) is 68.5 cm³/mol. The van der Waals surface area contributed by atoms with Gasteiger partial charge in [-0.05, 0) is 19.8 Å². The fourth-order valence-corrected chi connectivity index (χ4v) is 2.46. The number of carbonyl (C=O) groups excluding carboxylic acids is 1. The van der Waals surface area contributed by atoms with Gasteiger partial charge in [-0.25, -0.2) is 0 Å². The van der Waals surface area contributed by atoms with E-state index in [1.54, 1.807) is 0 Å². The molecule has 1 saturated carbocycles. The highest BCUT2D eigenvalue weighted by Crippen LogP contribution is 2.22. The van der Waals surface area contributed by atoms with Gasteiger partial charge in [0.05, 0.1) is 19.3 Å². The Morgan fingerprint density at radius 3 is 2.78 bits per heavy atom. The fourth-order valence-electron chi connectivity index (χ4n) is 2.46. The average Bonchev–Trinajstić information content (AvgIpc) is 2.36. The van der Waals surface area contributed by atoms with Gasteiger partial charge in [0, 0.05) is 38.7 Å². The van der Waals surface area contributed by atoms with Gasteiger partial charge in [-0.2, -0.15) is 0 Å². The monoisotopic (exact) mass is 256 g/mol. The van der Waals surface area contributed by atoms with E-state index in [2.05, 4.69) is 5.32 Å². The van der Waals surface area contributed by atoms with Crippen LogP contribution in [0.3, 0.4) is 0 Å². The molecule has 1 amide bonds. The quantitative estimate of drug-likeness (QED) is 0.747. The first-order valence-corrected chi connectivity index (χ1v) is 7.00. The summed E-state index contributed by atoms with van der Waals surface area (Å²) >= 11 is 0. The van der Waals surface area contributed by atoms with Crippen LogP contribution in [0.25, 0.3) is 0 Å². The van der Waals surface area contributed by atoms with Crippen LogP contribution in [0.2, 0.25) is 0 Å². The fraction of sp³-hybridized carbons (Fsp3) is 0.923. The molecule has 1 aliphatic carbocycles. The minimum absolute atomic E-state index is 0.242. The van der Waals surface area contributed by atoms with Crippen LogP contribution < -0.4 is 5.32 Å². The van der Waals surface area contributed by atoms with Crippen molar-refractivity contribution >= 4 is 5.91 Å². The van der Waals surface area contributed by atoms with Crippen molar-refractivity contribution in [2.45, 2.75) is 38.3 Å². The Morgan fingerprint density at radius 2 is 2.11 bits per heavy atom. The summed E-state index contributed by atoms with van der Waals surface area (Å²) in [5.74, 6) is 0.242.